The van der Waals surface area contributed by atoms with Crippen LogP contribution in [0.4, 0.5) is 4.79 Å². The van der Waals surface area contributed by atoms with Crippen molar-refractivity contribution in [3.8, 4) is 0 Å². The Hall–Kier alpha value is -2.19. The van der Waals surface area contributed by atoms with Gasteiger partial charge in [-0.2, -0.15) is 4.72 Å². The zero-order valence-electron chi connectivity index (χ0n) is 24.6. The molecule has 0 aromatic carbocycles. The number of carbonyl (C=O) groups excluding carboxylic acids is 3. The van der Waals surface area contributed by atoms with E-state index in [0.29, 0.717) is 54.3 Å². The third kappa shape index (κ3) is 8.93. The topological polar surface area (TPSA) is 122 Å². The summed E-state index contributed by atoms with van der Waals surface area (Å²) in [6.45, 7) is 4.69. The fraction of sp³-hybridized carbons (Fsp3) is 0.690. The molecular formula is C29H43ClN6O5S2. The number of urea groups is 1. The Morgan fingerprint density at radius 1 is 0.953 bits per heavy atom. The second-order valence-electron chi connectivity index (χ2n) is 12.0. The van der Waals surface area contributed by atoms with Crippen LogP contribution in [0.3, 0.4) is 0 Å². The maximum atomic E-state index is 13.4. The third-order valence-corrected chi connectivity index (χ3v) is 11.2. The molecule has 1 aromatic heterocycles. The standard InChI is InChI=1S/C29H43ClN6O5S2/c30-26-11-10-24(42-26)12-19-43(40,41)32-25-9-5-13-35(28(25)38)21-27(37)36-14-4-8-23(36)20-33-15-17-34(18-16-33)29(39)31-22-6-2-1-3-7-22/h10-12,19,22-23,25,32H,1-9,13-18,20-21H2,(H,31,39)/t23-,25-/m0/s1. The zero-order valence-corrected chi connectivity index (χ0v) is 27.0. The first-order valence-corrected chi connectivity index (χ1v) is 18.2. The first kappa shape index (κ1) is 32.2. The quantitative estimate of drug-likeness (QED) is 0.422. The Balaban J connectivity index is 1.08. The Kier molecular flexibility index (Phi) is 11.0. The van der Waals surface area contributed by atoms with Crippen molar-refractivity contribution in [1.82, 2.24) is 29.6 Å². The molecule has 0 unspecified atom stereocenters. The first-order chi connectivity index (χ1) is 20.7. The maximum absolute atomic E-state index is 13.4. The summed E-state index contributed by atoms with van der Waals surface area (Å²) in [4.78, 5) is 47.6. The van der Waals surface area contributed by atoms with Gasteiger partial charge in [-0.1, -0.05) is 30.9 Å². The lowest BCUT2D eigenvalue weighted by Crippen LogP contribution is -2.57. The van der Waals surface area contributed by atoms with E-state index >= 15 is 0 Å². The highest BCUT2D eigenvalue weighted by molar-refractivity contribution is 7.92. The summed E-state index contributed by atoms with van der Waals surface area (Å²) in [7, 11) is -3.86. The summed E-state index contributed by atoms with van der Waals surface area (Å²) < 4.78 is 28.3. The lowest BCUT2D eigenvalue weighted by atomic mass is 9.96. The maximum Gasteiger partial charge on any atom is 0.317 e. The molecular weight excluding hydrogens is 612 g/mol. The molecule has 238 valence electrons. The average Bonchev–Trinajstić information content (AvgIpc) is 3.63. The Labute approximate surface area is 263 Å². The Bertz CT molecular complexity index is 1280. The number of carbonyl (C=O) groups is 3. The van der Waals surface area contributed by atoms with Crippen molar-refractivity contribution < 1.29 is 22.8 Å². The molecule has 1 saturated carbocycles. The van der Waals surface area contributed by atoms with Crippen LogP contribution in [-0.2, 0) is 19.6 Å². The molecule has 1 aromatic rings. The molecule has 43 heavy (non-hydrogen) atoms. The van der Waals surface area contributed by atoms with Gasteiger partial charge in [-0.25, -0.2) is 13.2 Å². The first-order valence-electron chi connectivity index (χ1n) is 15.5. The molecule has 14 heteroatoms. The number of nitrogens with one attached hydrogen (secondary N) is 2. The molecule has 3 saturated heterocycles. The van der Waals surface area contributed by atoms with E-state index in [-0.39, 0.29) is 30.4 Å². The minimum Gasteiger partial charge on any atom is -0.337 e. The van der Waals surface area contributed by atoms with Gasteiger partial charge < -0.3 is 20.0 Å². The number of thiophene rings is 1. The van der Waals surface area contributed by atoms with Crippen LogP contribution in [-0.4, -0.2) is 116 Å². The van der Waals surface area contributed by atoms with Gasteiger partial charge in [-0.3, -0.25) is 14.5 Å². The molecule has 2 N–H and O–H groups in total. The minimum absolute atomic E-state index is 0.0412. The van der Waals surface area contributed by atoms with Gasteiger partial charge in [-0.15, -0.1) is 11.3 Å². The van der Waals surface area contributed by atoms with Gasteiger partial charge in [0.25, 0.3) is 0 Å². The molecule has 2 atom stereocenters. The minimum atomic E-state index is -3.86. The van der Waals surface area contributed by atoms with E-state index < -0.39 is 16.1 Å². The molecule has 4 heterocycles. The van der Waals surface area contributed by atoms with E-state index in [2.05, 4.69) is 14.9 Å². The number of likely N-dealkylation sites (tertiary alicyclic amines) is 2. The molecule has 4 aliphatic rings. The number of piperazine rings is 1. The van der Waals surface area contributed by atoms with Gasteiger partial charge in [-0.05, 0) is 56.7 Å². The number of nitrogens with zero attached hydrogens (tertiary/aromatic N) is 4. The number of amides is 4. The van der Waals surface area contributed by atoms with E-state index in [1.165, 1.54) is 41.6 Å². The van der Waals surface area contributed by atoms with E-state index in [0.717, 1.165) is 50.7 Å². The lowest BCUT2D eigenvalue weighted by Gasteiger charge is -2.38. The van der Waals surface area contributed by atoms with Gasteiger partial charge in [0.1, 0.15) is 6.04 Å². The highest BCUT2D eigenvalue weighted by atomic mass is 35.5. The molecule has 5 rings (SSSR count). The SMILES string of the molecule is O=C(NC1CCCCC1)N1CCN(C[C@@H]2CCCN2C(=O)CN2CCC[C@H](NS(=O)(=O)C=Cc3ccc(Cl)s3)C2=O)CC1. The molecule has 0 bridgehead atoms. The molecule has 0 spiro atoms. The summed E-state index contributed by atoms with van der Waals surface area (Å²) in [6, 6.07) is 2.92. The van der Waals surface area contributed by atoms with E-state index in [1.54, 1.807) is 12.1 Å². The fourth-order valence-corrected chi connectivity index (χ4v) is 8.64. The molecule has 0 radical (unpaired) electrons. The number of hydrogen-bond acceptors (Lipinski definition) is 7. The average molecular weight is 655 g/mol. The summed E-state index contributed by atoms with van der Waals surface area (Å²) >= 11 is 7.17. The molecule has 11 nitrogen and oxygen atoms in total. The number of halogens is 1. The summed E-state index contributed by atoms with van der Waals surface area (Å²) in [5.74, 6) is -0.464. The van der Waals surface area contributed by atoms with Gasteiger partial charge >= 0.3 is 6.03 Å². The van der Waals surface area contributed by atoms with Crippen molar-refractivity contribution in [3.05, 3.63) is 26.8 Å². The van der Waals surface area contributed by atoms with Crippen LogP contribution in [0.15, 0.2) is 17.5 Å². The largest absolute Gasteiger partial charge is 0.337 e. The van der Waals surface area contributed by atoms with Crippen molar-refractivity contribution in [3.63, 3.8) is 0 Å². The van der Waals surface area contributed by atoms with Crippen molar-refractivity contribution in [2.45, 2.75) is 75.9 Å². The Morgan fingerprint density at radius 3 is 2.42 bits per heavy atom. The van der Waals surface area contributed by atoms with Crippen molar-refractivity contribution in [2.24, 2.45) is 0 Å². The number of sulfonamides is 1. The van der Waals surface area contributed by atoms with Gasteiger partial charge in [0, 0.05) is 68.2 Å². The van der Waals surface area contributed by atoms with Gasteiger partial charge in [0.2, 0.25) is 21.8 Å². The van der Waals surface area contributed by atoms with Gasteiger partial charge in [0.15, 0.2) is 0 Å². The molecule has 4 fully saturated rings. The highest BCUT2D eigenvalue weighted by Crippen LogP contribution is 2.24. The summed E-state index contributed by atoms with van der Waals surface area (Å²) in [5.41, 5.74) is 0. The van der Waals surface area contributed by atoms with Crippen LogP contribution < -0.4 is 10.0 Å². The van der Waals surface area contributed by atoms with Gasteiger partial charge in [0.05, 0.1) is 10.9 Å². The molecule has 1 aliphatic carbocycles. The van der Waals surface area contributed by atoms with E-state index in [4.69, 9.17) is 11.6 Å². The van der Waals surface area contributed by atoms with Crippen LogP contribution in [0.2, 0.25) is 4.34 Å². The fourth-order valence-electron chi connectivity index (χ4n) is 6.57. The van der Waals surface area contributed by atoms with Crippen LogP contribution in [0.5, 0.6) is 0 Å². The van der Waals surface area contributed by atoms with Crippen LogP contribution in [0, 0.1) is 0 Å². The molecule has 4 amide bonds. The van der Waals surface area contributed by atoms with Crippen molar-refractivity contribution in [1.29, 1.82) is 0 Å². The smallest absolute Gasteiger partial charge is 0.317 e. The summed E-state index contributed by atoms with van der Waals surface area (Å²) in [6.07, 6.45) is 10.0. The lowest BCUT2D eigenvalue weighted by molar-refractivity contribution is -0.143. The van der Waals surface area contributed by atoms with Crippen LogP contribution >= 0.6 is 22.9 Å². The predicted molar refractivity (Wildman–Crippen MR) is 168 cm³/mol. The zero-order chi connectivity index (χ0) is 30.4. The number of rotatable bonds is 9. The van der Waals surface area contributed by atoms with Crippen molar-refractivity contribution >= 4 is 56.9 Å². The third-order valence-electron chi connectivity index (χ3n) is 8.93. The Morgan fingerprint density at radius 2 is 1.70 bits per heavy atom. The number of hydrogen-bond donors (Lipinski definition) is 2. The summed E-state index contributed by atoms with van der Waals surface area (Å²) in [5, 5.41) is 4.25. The highest BCUT2D eigenvalue weighted by Gasteiger charge is 2.36. The molecule has 3 aliphatic heterocycles. The van der Waals surface area contributed by atoms with E-state index in [9.17, 15) is 22.8 Å². The number of piperidine rings is 1. The van der Waals surface area contributed by atoms with Crippen LogP contribution in [0.25, 0.3) is 6.08 Å². The second kappa shape index (κ2) is 14.7. The van der Waals surface area contributed by atoms with Crippen LogP contribution in [0.1, 0.15) is 62.7 Å². The monoisotopic (exact) mass is 654 g/mol. The van der Waals surface area contributed by atoms with Crippen molar-refractivity contribution in [2.75, 3.05) is 52.4 Å². The predicted octanol–water partition coefficient (Wildman–Crippen LogP) is 2.93. The second-order valence-corrected chi connectivity index (χ2v) is 15.4. The van der Waals surface area contributed by atoms with E-state index in [1.807, 2.05) is 9.80 Å². The normalized spacial score (nSPS) is 24.7.